The lowest BCUT2D eigenvalue weighted by Crippen LogP contribution is -2.17. The van der Waals surface area contributed by atoms with Crippen molar-refractivity contribution >= 4 is 40.0 Å². The van der Waals surface area contributed by atoms with Crippen LogP contribution in [0.2, 0.25) is 0 Å². The molecule has 0 atom stereocenters. The predicted octanol–water partition coefficient (Wildman–Crippen LogP) is 4.81. The van der Waals surface area contributed by atoms with Crippen molar-refractivity contribution in [1.29, 1.82) is 0 Å². The molecular weight excluding hydrogens is 484 g/mol. The molecule has 0 bridgehead atoms. The first-order valence-electron chi connectivity index (χ1n) is 11.4. The van der Waals surface area contributed by atoms with Gasteiger partial charge in [-0.05, 0) is 50.3 Å². The minimum atomic E-state index is -0.406. The van der Waals surface area contributed by atoms with Gasteiger partial charge in [-0.2, -0.15) is 0 Å². The SMILES string of the molecule is C=CCn1c(COc2ccc(C)cc2)nnc1SCC(=O)Nc1sc2c(c1C(=O)OC)CCCC2. The maximum Gasteiger partial charge on any atom is 0.341 e. The molecule has 3 aromatic rings. The number of hydrogen-bond donors (Lipinski definition) is 1. The number of nitrogens with zero attached hydrogens (tertiary/aromatic N) is 3. The fraction of sp³-hybridized carbons (Fsp3) is 0.360. The van der Waals surface area contributed by atoms with Gasteiger partial charge in [0.1, 0.15) is 17.4 Å². The first kappa shape index (κ1) is 25.0. The van der Waals surface area contributed by atoms with E-state index in [1.54, 1.807) is 6.08 Å². The molecule has 10 heteroatoms. The lowest BCUT2D eigenvalue weighted by molar-refractivity contribution is -0.113. The number of ether oxygens (including phenoxy) is 2. The highest BCUT2D eigenvalue weighted by Crippen LogP contribution is 2.38. The molecule has 2 heterocycles. The summed E-state index contributed by atoms with van der Waals surface area (Å²) in [5.41, 5.74) is 2.67. The second kappa shape index (κ2) is 11.5. The van der Waals surface area contributed by atoms with Crippen LogP contribution in [0.25, 0.3) is 0 Å². The zero-order valence-corrected chi connectivity index (χ0v) is 21.5. The van der Waals surface area contributed by atoms with E-state index in [1.807, 2.05) is 35.8 Å². The van der Waals surface area contributed by atoms with E-state index in [-0.39, 0.29) is 18.3 Å². The molecule has 1 aliphatic rings. The Morgan fingerprint density at radius 2 is 2.00 bits per heavy atom. The molecule has 4 rings (SSSR count). The Balaban J connectivity index is 1.41. The van der Waals surface area contributed by atoms with Gasteiger partial charge in [0.2, 0.25) is 5.91 Å². The van der Waals surface area contributed by atoms with E-state index in [9.17, 15) is 9.59 Å². The van der Waals surface area contributed by atoms with Crippen molar-refractivity contribution in [3.8, 4) is 5.75 Å². The average molecular weight is 513 g/mol. The van der Waals surface area contributed by atoms with E-state index in [2.05, 4.69) is 22.1 Å². The van der Waals surface area contributed by atoms with Gasteiger partial charge in [0, 0.05) is 11.4 Å². The van der Waals surface area contributed by atoms with Crippen LogP contribution in [-0.2, 0) is 35.5 Å². The number of aromatic nitrogens is 3. The molecule has 0 aliphatic heterocycles. The van der Waals surface area contributed by atoms with Gasteiger partial charge in [-0.1, -0.05) is 35.5 Å². The van der Waals surface area contributed by atoms with Gasteiger partial charge < -0.3 is 14.8 Å². The summed E-state index contributed by atoms with van der Waals surface area (Å²) in [4.78, 5) is 26.4. The maximum atomic E-state index is 12.8. The number of hydrogen-bond acceptors (Lipinski definition) is 8. The summed E-state index contributed by atoms with van der Waals surface area (Å²) in [5, 5.41) is 12.6. The van der Waals surface area contributed by atoms with Crippen LogP contribution in [-0.4, -0.2) is 39.5 Å². The number of carbonyl (C=O) groups excluding carboxylic acids is 2. The van der Waals surface area contributed by atoms with Crippen LogP contribution in [0.3, 0.4) is 0 Å². The zero-order chi connectivity index (χ0) is 24.8. The zero-order valence-electron chi connectivity index (χ0n) is 19.8. The first-order chi connectivity index (χ1) is 17.0. The lowest BCUT2D eigenvalue weighted by atomic mass is 9.95. The van der Waals surface area contributed by atoms with E-state index in [4.69, 9.17) is 9.47 Å². The highest BCUT2D eigenvalue weighted by molar-refractivity contribution is 7.99. The van der Waals surface area contributed by atoms with Crippen LogP contribution in [0.5, 0.6) is 5.75 Å². The van der Waals surface area contributed by atoms with E-state index in [1.165, 1.54) is 30.2 Å². The Hall–Kier alpha value is -3.11. The summed E-state index contributed by atoms with van der Waals surface area (Å²) >= 11 is 2.75. The Morgan fingerprint density at radius 3 is 2.74 bits per heavy atom. The van der Waals surface area contributed by atoms with Crippen molar-refractivity contribution in [2.75, 3.05) is 18.2 Å². The molecular formula is C25H28N4O4S2. The quantitative estimate of drug-likeness (QED) is 0.237. The highest BCUT2D eigenvalue weighted by atomic mass is 32.2. The topological polar surface area (TPSA) is 95.3 Å². The number of allylic oxidation sites excluding steroid dienone is 1. The number of fused-ring (bicyclic) bond motifs is 1. The Bertz CT molecular complexity index is 1220. The van der Waals surface area contributed by atoms with Crippen molar-refractivity contribution in [1.82, 2.24) is 14.8 Å². The molecule has 0 radical (unpaired) electrons. The van der Waals surface area contributed by atoms with Gasteiger partial charge >= 0.3 is 5.97 Å². The van der Waals surface area contributed by atoms with Crippen molar-refractivity contribution in [3.05, 3.63) is 64.3 Å². The molecule has 1 N–H and O–H groups in total. The molecule has 184 valence electrons. The number of rotatable bonds is 10. The molecule has 0 fully saturated rings. The second-order valence-corrected chi connectivity index (χ2v) is 10.2. The Labute approximate surface area is 212 Å². The fourth-order valence-corrected chi connectivity index (χ4v) is 5.95. The van der Waals surface area contributed by atoms with Crippen LogP contribution in [0.4, 0.5) is 5.00 Å². The van der Waals surface area contributed by atoms with Crippen LogP contribution in [0.1, 0.15) is 45.0 Å². The third-order valence-electron chi connectivity index (χ3n) is 5.64. The summed E-state index contributed by atoms with van der Waals surface area (Å²) in [6.07, 6.45) is 5.63. The number of anilines is 1. The number of thiophene rings is 1. The summed E-state index contributed by atoms with van der Waals surface area (Å²) in [6.45, 7) is 6.58. The molecule has 1 aliphatic carbocycles. The third-order valence-corrected chi connectivity index (χ3v) is 7.81. The number of nitrogens with one attached hydrogen (secondary N) is 1. The van der Waals surface area contributed by atoms with E-state index < -0.39 is 5.97 Å². The second-order valence-electron chi connectivity index (χ2n) is 8.14. The van der Waals surface area contributed by atoms with Gasteiger partial charge in [0.05, 0.1) is 18.4 Å². The number of carbonyl (C=O) groups is 2. The number of methoxy groups -OCH3 is 1. The minimum Gasteiger partial charge on any atom is -0.486 e. The van der Waals surface area contributed by atoms with Gasteiger partial charge in [0.25, 0.3) is 0 Å². The maximum absolute atomic E-state index is 12.8. The number of benzene rings is 1. The largest absolute Gasteiger partial charge is 0.486 e. The van der Waals surface area contributed by atoms with Crippen molar-refractivity contribution in [3.63, 3.8) is 0 Å². The molecule has 0 saturated carbocycles. The molecule has 2 aromatic heterocycles. The van der Waals surface area contributed by atoms with Gasteiger partial charge in [-0.25, -0.2) is 4.79 Å². The molecule has 8 nitrogen and oxygen atoms in total. The van der Waals surface area contributed by atoms with Gasteiger partial charge in [-0.15, -0.1) is 28.1 Å². The van der Waals surface area contributed by atoms with Crippen LogP contribution < -0.4 is 10.1 Å². The van der Waals surface area contributed by atoms with Crippen LogP contribution in [0.15, 0.2) is 42.1 Å². The fourth-order valence-electron chi connectivity index (χ4n) is 3.89. The number of aryl methyl sites for hydroxylation is 2. The first-order valence-corrected chi connectivity index (χ1v) is 13.2. The Morgan fingerprint density at radius 1 is 1.23 bits per heavy atom. The highest BCUT2D eigenvalue weighted by Gasteiger charge is 2.27. The molecule has 0 saturated heterocycles. The van der Waals surface area contributed by atoms with Crippen LogP contribution >= 0.6 is 23.1 Å². The number of thioether (sulfide) groups is 1. The monoisotopic (exact) mass is 512 g/mol. The third kappa shape index (κ3) is 5.94. The predicted molar refractivity (Wildman–Crippen MR) is 137 cm³/mol. The summed E-state index contributed by atoms with van der Waals surface area (Å²) in [6, 6.07) is 7.79. The summed E-state index contributed by atoms with van der Waals surface area (Å²) in [5.74, 6) is 0.891. The number of esters is 1. The Kier molecular flexibility index (Phi) is 8.25. The van der Waals surface area contributed by atoms with Crippen molar-refractivity contribution in [2.24, 2.45) is 0 Å². The van der Waals surface area contributed by atoms with Crippen LogP contribution in [0, 0.1) is 6.92 Å². The van der Waals surface area contributed by atoms with Crippen molar-refractivity contribution in [2.45, 2.75) is 50.9 Å². The molecule has 35 heavy (non-hydrogen) atoms. The average Bonchev–Trinajstić information content (AvgIpc) is 3.42. The standard InChI is InChI=1S/C25H28N4O4S2/c1-4-13-29-20(14-33-17-11-9-16(2)10-12-17)27-28-25(29)34-15-21(30)26-23-22(24(31)32-3)18-7-5-6-8-19(18)35-23/h4,9-12H,1,5-8,13-15H2,2-3H3,(H,26,30). The molecule has 1 amide bonds. The molecule has 0 unspecified atom stereocenters. The van der Waals surface area contributed by atoms with E-state index in [0.717, 1.165) is 47.4 Å². The summed E-state index contributed by atoms with van der Waals surface area (Å²) in [7, 11) is 1.36. The minimum absolute atomic E-state index is 0.122. The van der Waals surface area contributed by atoms with E-state index >= 15 is 0 Å². The van der Waals surface area contributed by atoms with Gasteiger partial charge in [0.15, 0.2) is 11.0 Å². The molecule has 0 spiro atoms. The van der Waals surface area contributed by atoms with Crippen molar-refractivity contribution < 1.29 is 19.1 Å². The number of amides is 1. The summed E-state index contributed by atoms with van der Waals surface area (Å²) < 4.78 is 12.7. The smallest absolute Gasteiger partial charge is 0.341 e. The van der Waals surface area contributed by atoms with Gasteiger partial charge in [-0.3, -0.25) is 9.36 Å². The lowest BCUT2D eigenvalue weighted by Gasteiger charge is -2.11. The molecule has 1 aromatic carbocycles. The van der Waals surface area contributed by atoms with E-state index in [0.29, 0.717) is 28.1 Å². The normalized spacial score (nSPS) is 12.6.